The summed E-state index contributed by atoms with van der Waals surface area (Å²) < 4.78 is 5.08. The Kier molecular flexibility index (Phi) is 2.85. The number of thiazole rings is 1. The lowest BCUT2D eigenvalue weighted by Crippen LogP contribution is -2.12. The summed E-state index contributed by atoms with van der Waals surface area (Å²) in [7, 11) is 0. The van der Waals surface area contributed by atoms with E-state index in [1.807, 2.05) is 6.92 Å². The van der Waals surface area contributed by atoms with E-state index in [4.69, 9.17) is 4.52 Å². The van der Waals surface area contributed by atoms with Gasteiger partial charge in [-0.05, 0) is 6.54 Å². The van der Waals surface area contributed by atoms with E-state index in [0.29, 0.717) is 18.3 Å². The van der Waals surface area contributed by atoms with Crippen molar-refractivity contribution < 1.29 is 4.52 Å². The van der Waals surface area contributed by atoms with E-state index in [9.17, 15) is 0 Å². The molecular weight excluding hydrogens is 200 g/mol. The van der Waals surface area contributed by atoms with Crippen LogP contribution in [-0.2, 0) is 6.54 Å². The van der Waals surface area contributed by atoms with Gasteiger partial charge in [-0.3, -0.25) is 4.98 Å². The fraction of sp³-hybridized carbons (Fsp3) is 0.375. The Bertz CT molecular complexity index is 384. The first-order valence-corrected chi connectivity index (χ1v) is 5.20. The molecule has 0 atom stereocenters. The van der Waals surface area contributed by atoms with E-state index in [1.165, 1.54) is 11.3 Å². The Morgan fingerprint density at radius 1 is 1.57 bits per heavy atom. The zero-order valence-corrected chi connectivity index (χ0v) is 8.54. The lowest BCUT2D eigenvalue weighted by atomic mass is 10.5. The van der Waals surface area contributed by atoms with Crippen LogP contribution in [0.5, 0.6) is 0 Å². The van der Waals surface area contributed by atoms with E-state index >= 15 is 0 Å². The van der Waals surface area contributed by atoms with Crippen molar-refractivity contribution in [3.05, 3.63) is 17.5 Å². The van der Waals surface area contributed by atoms with Gasteiger partial charge in [0.25, 0.3) is 5.89 Å². The van der Waals surface area contributed by atoms with E-state index in [2.05, 4.69) is 20.4 Å². The Morgan fingerprint density at radius 2 is 2.50 bits per heavy atom. The predicted octanol–water partition coefficient (Wildman–Crippen LogP) is 1.30. The van der Waals surface area contributed by atoms with E-state index in [0.717, 1.165) is 11.4 Å². The maximum atomic E-state index is 5.08. The Morgan fingerprint density at radius 3 is 3.21 bits per heavy atom. The van der Waals surface area contributed by atoms with Crippen molar-refractivity contribution in [3.8, 4) is 10.8 Å². The lowest BCUT2D eigenvalue weighted by molar-refractivity contribution is 0.420. The van der Waals surface area contributed by atoms with Gasteiger partial charge in [-0.1, -0.05) is 12.1 Å². The SMILES string of the molecule is CCNCc1noc(-c2cncs2)n1. The van der Waals surface area contributed by atoms with Gasteiger partial charge in [-0.2, -0.15) is 4.98 Å². The van der Waals surface area contributed by atoms with Crippen LogP contribution in [0.2, 0.25) is 0 Å². The number of rotatable bonds is 4. The van der Waals surface area contributed by atoms with Gasteiger partial charge in [-0.15, -0.1) is 11.3 Å². The summed E-state index contributed by atoms with van der Waals surface area (Å²) in [5, 5.41) is 6.97. The highest BCUT2D eigenvalue weighted by Crippen LogP contribution is 2.20. The molecule has 0 bridgehead atoms. The van der Waals surface area contributed by atoms with Crippen LogP contribution in [0.25, 0.3) is 10.8 Å². The third kappa shape index (κ3) is 1.97. The normalized spacial score (nSPS) is 10.6. The highest BCUT2D eigenvalue weighted by Gasteiger charge is 2.08. The quantitative estimate of drug-likeness (QED) is 0.824. The van der Waals surface area contributed by atoms with Gasteiger partial charge >= 0.3 is 0 Å². The van der Waals surface area contributed by atoms with E-state index in [1.54, 1.807) is 11.7 Å². The lowest BCUT2D eigenvalue weighted by Gasteiger charge is -1.91. The molecule has 2 heterocycles. The van der Waals surface area contributed by atoms with Gasteiger partial charge in [0.1, 0.15) is 4.88 Å². The summed E-state index contributed by atoms with van der Waals surface area (Å²) in [6.07, 6.45) is 1.72. The fourth-order valence-corrected chi connectivity index (χ4v) is 1.52. The van der Waals surface area contributed by atoms with Crippen LogP contribution in [0, 0.1) is 0 Å². The molecule has 0 saturated carbocycles. The molecule has 5 nitrogen and oxygen atoms in total. The highest BCUT2D eigenvalue weighted by molar-refractivity contribution is 7.13. The van der Waals surface area contributed by atoms with Crippen molar-refractivity contribution in [2.75, 3.05) is 6.54 Å². The smallest absolute Gasteiger partial charge is 0.269 e. The van der Waals surface area contributed by atoms with Crippen molar-refractivity contribution in [1.82, 2.24) is 20.4 Å². The highest BCUT2D eigenvalue weighted by atomic mass is 32.1. The molecule has 0 aliphatic rings. The largest absolute Gasteiger partial charge is 0.333 e. The van der Waals surface area contributed by atoms with Crippen molar-refractivity contribution in [1.29, 1.82) is 0 Å². The van der Waals surface area contributed by atoms with Crippen molar-refractivity contribution in [2.24, 2.45) is 0 Å². The molecule has 0 spiro atoms. The van der Waals surface area contributed by atoms with Crippen LogP contribution in [0.3, 0.4) is 0 Å². The first kappa shape index (κ1) is 9.29. The minimum Gasteiger partial charge on any atom is -0.333 e. The van der Waals surface area contributed by atoms with Gasteiger partial charge in [0, 0.05) is 0 Å². The summed E-state index contributed by atoms with van der Waals surface area (Å²) in [4.78, 5) is 9.07. The molecule has 0 unspecified atom stereocenters. The molecule has 0 aliphatic carbocycles. The monoisotopic (exact) mass is 210 g/mol. The van der Waals surface area contributed by atoms with Gasteiger partial charge in [0.15, 0.2) is 5.82 Å². The number of nitrogens with one attached hydrogen (secondary N) is 1. The molecule has 0 fully saturated rings. The third-order valence-corrected chi connectivity index (χ3v) is 2.41. The van der Waals surface area contributed by atoms with Gasteiger partial charge in [0.2, 0.25) is 0 Å². The van der Waals surface area contributed by atoms with Crippen molar-refractivity contribution in [3.63, 3.8) is 0 Å². The van der Waals surface area contributed by atoms with E-state index < -0.39 is 0 Å². The molecule has 2 aromatic heterocycles. The summed E-state index contributed by atoms with van der Waals surface area (Å²) in [5.41, 5.74) is 1.74. The van der Waals surface area contributed by atoms with Gasteiger partial charge < -0.3 is 9.84 Å². The molecule has 1 N–H and O–H groups in total. The molecule has 14 heavy (non-hydrogen) atoms. The summed E-state index contributed by atoms with van der Waals surface area (Å²) >= 11 is 1.49. The number of hydrogen-bond donors (Lipinski definition) is 1. The number of nitrogens with zero attached hydrogens (tertiary/aromatic N) is 3. The zero-order valence-electron chi connectivity index (χ0n) is 7.73. The summed E-state index contributed by atoms with van der Waals surface area (Å²) in [6, 6.07) is 0. The summed E-state index contributed by atoms with van der Waals surface area (Å²) in [5.74, 6) is 1.22. The Balaban J connectivity index is 2.10. The van der Waals surface area contributed by atoms with Crippen LogP contribution in [-0.4, -0.2) is 21.7 Å². The molecule has 2 aromatic rings. The zero-order chi connectivity index (χ0) is 9.80. The minimum absolute atomic E-state index is 0.542. The molecule has 6 heteroatoms. The molecular formula is C8H10N4OS. The van der Waals surface area contributed by atoms with Crippen LogP contribution in [0.4, 0.5) is 0 Å². The summed E-state index contributed by atoms with van der Waals surface area (Å²) in [6.45, 7) is 3.56. The molecule has 74 valence electrons. The standard InChI is InChI=1S/C8H10N4OS/c1-2-9-4-7-11-8(13-12-7)6-3-10-5-14-6/h3,5,9H,2,4H2,1H3. The van der Waals surface area contributed by atoms with E-state index in [-0.39, 0.29) is 0 Å². The first-order valence-electron chi connectivity index (χ1n) is 4.32. The Labute approximate surface area is 85.2 Å². The van der Waals surface area contributed by atoms with Crippen molar-refractivity contribution in [2.45, 2.75) is 13.5 Å². The fourth-order valence-electron chi connectivity index (χ4n) is 0.984. The van der Waals surface area contributed by atoms with Crippen LogP contribution < -0.4 is 5.32 Å². The second kappa shape index (κ2) is 4.30. The second-order valence-corrected chi connectivity index (χ2v) is 3.55. The number of aromatic nitrogens is 3. The molecule has 0 saturated heterocycles. The average Bonchev–Trinajstić information content (AvgIpc) is 2.85. The first-order chi connectivity index (χ1) is 6.90. The Hall–Kier alpha value is -1.27. The average molecular weight is 210 g/mol. The van der Waals surface area contributed by atoms with Crippen LogP contribution in [0.15, 0.2) is 16.2 Å². The van der Waals surface area contributed by atoms with Gasteiger partial charge in [0.05, 0.1) is 18.3 Å². The van der Waals surface area contributed by atoms with Crippen molar-refractivity contribution >= 4 is 11.3 Å². The molecule has 0 amide bonds. The molecule has 2 rings (SSSR count). The molecule has 0 radical (unpaired) electrons. The van der Waals surface area contributed by atoms with Gasteiger partial charge in [-0.25, -0.2) is 0 Å². The maximum Gasteiger partial charge on any atom is 0.269 e. The molecule has 0 aromatic carbocycles. The second-order valence-electron chi connectivity index (χ2n) is 2.66. The van der Waals surface area contributed by atoms with Crippen LogP contribution in [0.1, 0.15) is 12.7 Å². The number of hydrogen-bond acceptors (Lipinski definition) is 6. The predicted molar refractivity (Wildman–Crippen MR) is 52.8 cm³/mol. The van der Waals surface area contributed by atoms with Crippen LogP contribution >= 0.6 is 11.3 Å². The molecule has 0 aliphatic heterocycles. The topological polar surface area (TPSA) is 63.8 Å². The minimum atomic E-state index is 0.542. The maximum absolute atomic E-state index is 5.08. The third-order valence-electron chi connectivity index (χ3n) is 1.64.